The lowest BCUT2D eigenvalue weighted by Gasteiger charge is -2.25. The van der Waals surface area contributed by atoms with E-state index in [9.17, 15) is 4.79 Å². The molecule has 2 heterocycles. The zero-order chi connectivity index (χ0) is 17.1. The number of benzene rings is 2. The normalized spacial score (nSPS) is 18.8. The molecule has 4 nitrogen and oxygen atoms in total. The van der Waals surface area contributed by atoms with E-state index in [1.807, 2.05) is 60.7 Å². The van der Waals surface area contributed by atoms with Crippen LogP contribution < -0.4 is 10.6 Å². The topological polar surface area (TPSA) is 54.3 Å². The SMILES string of the molecule is O=C(NC(c1ccccc1)c1cc2ccccc2o1)C1CCCNC1. The molecule has 1 saturated heterocycles. The highest BCUT2D eigenvalue weighted by molar-refractivity contribution is 5.81. The summed E-state index contributed by atoms with van der Waals surface area (Å²) in [6, 6.07) is 19.7. The van der Waals surface area contributed by atoms with Crippen LogP contribution in [0.1, 0.15) is 30.2 Å². The Kier molecular flexibility index (Phi) is 4.53. The van der Waals surface area contributed by atoms with E-state index in [1.54, 1.807) is 0 Å². The van der Waals surface area contributed by atoms with Crippen LogP contribution in [-0.2, 0) is 4.79 Å². The molecule has 2 N–H and O–H groups in total. The van der Waals surface area contributed by atoms with Crippen molar-refractivity contribution in [3.05, 3.63) is 72.0 Å². The van der Waals surface area contributed by atoms with Gasteiger partial charge in [-0.05, 0) is 37.1 Å². The van der Waals surface area contributed by atoms with Gasteiger partial charge in [-0.15, -0.1) is 0 Å². The zero-order valence-electron chi connectivity index (χ0n) is 14.1. The second-order valence-corrected chi connectivity index (χ2v) is 6.58. The first-order valence-corrected chi connectivity index (χ1v) is 8.86. The fraction of sp³-hybridized carbons (Fsp3) is 0.286. The van der Waals surface area contributed by atoms with Crippen LogP contribution in [0.5, 0.6) is 0 Å². The first-order valence-electron chi connectivity index (χ1n) is 8.86. The molecular weight excluding hydrogens is 312 g/mol. The second kappa shape index (κ2) is 7.11. The van der Waals surface area contributed by atoms with Gasteiger partial charge in [-0.1, -0.05) is 48.5 Å². The molecule has 0 radical (unpaired) electrons. The molecule has 2 atom stereocenters. The summed E-state index contributed by atoms with van der Waals surface area (Å²) in [5.74, 6) is 0.871. The van der Waals surface area contributed by atoms with Crippen LogP contribution >= 0.6 is 0 Å². The third-order valence-corrected chi connectivity index (χ3v) is 4.82. The summed E-state index contributed by atoms with van der Waals surface area (Å²) >= 11 is 0. The highest BCUT2D eigenvalue weighted by Crippen LogP contribution is 2.29. The van der Waals surface area contributed by atoms with Crippen molar-refractivity contribution in [1.82, 2.24) is 10.6 Å². The van der Waals surface area contributed by atoms with Crippen LogP contribution in [0.3, 0.4) is 0 Å². The van der Waals surface area contributed by atoms with E-state index in [1.165, 1.54) is 0 Å². The minimum absolute atomic E-state index is 0.0179. The lowest BCUT2D eigenvalue weighted by Crippen LogP contribution is -2.42. The van der Waals surface area contributed by atoms with Crippen LogP contribution in [0.25, 0.3) is 11.0 Å². The number of nitrogens with one attached hydrogen (secondary N) is 2. The third kappa shape index (κ3) is 3.44. The Morgan fingerprint density at radius 1 is 1.12 bits per heavy atom. The molecule has 4 heteroatoms. The lowest BCUT2D eigenvalue weighted by atomic mass is 9.97. The van der Waals surface area contributed by atoms with Crippen molar-refractivity contribution in [2.24, 2.45) is 5.92 Å². The van der Waals surface area contributed by atoms with E-state index in [2.05, 4.69) is 10.6 Å². The monoisotopic (exact) mass is 334 g/mol. The Morgan fingerprint density at radius 2 is 1.92 bits per heavy atom. The van der Waals surface area contributed by atoms with Crippen molar-refractivity contribution >= 4 is 16.9 Å². The Hall–Kier alpha value is -2.59. The standard InChI is InChI=1S/C21H22N2O2/c24-21(17-10-6-12-22-14-17)23-20(15-7-2-1-3-8-15)19-13-16-9-4-5-11-18(16)25-19/h1-5,7-9,11,13,17,20,22H,6,10,12,14H2,(H,23,24). The van der Waals surface area contributed by atoms with Gasteiger partial charge in [-0.2, -0.15) is 0 Å². The number of amides is 1. The number of hydrogen-bond acceptors (Lipinski definition) is 3. The van der Waals surface area contributed by atoms with E-state index in [4.69, 9.17) is 4.42 Å². The lowest BCUT2D eigenvalue weighted by molar-refractivity contribution is -0.126. The molecule has 2 unspecified atom stereocenters. The average molecular weight is 334 g/mol. The molecule has 2 aromatic carbocycles. The number of piperidine rings is 1. The van der Waals surface area contributed by atoms with E-state index in [0.29, 0.717) is 0 Å². The minimum atomic E-state index is -0.275. The number of para-hydroxylation sites is 1. The summed E-state index contributed by atoms with van der Waals surface area (Å²) in [4.78, 5) is 12.8. The van der Waals surface area contributed by atoms with E-state index < -0.39 is 0 Å². The molecule has 0 saturated carbocycles. The van der Waals surface area contributed by atoms with Gasteiger partial charge in [-0.25, -0.2) is 0 Å². The Bertz CT molecular complexity index is 817. The molecule has 4 rings (SSSR count). The van der Waals surface area contributed by atoms with Crippen molar-refractivity contribution < 1.29 is 9.21 Å². The highest BCUT2D eigenvalue weighted by atomic mass is 16.3. The van der Waals surface area contributed by atoms with Crippen molar-refractivity contribution in [3.63, 3.8) is 0 Å². The van der Waals surface area contributed by atoms with Gasteiger partial charge in [0.25, 0.3) is 0 Å². The van der Waals surface area contributed by atoms with Crippen LogP contribution in [-0.4, -0.2) is 19.0 Å². The molecular formula is C21H22N2O2. The molecule has 25 heavy (non-hydrogen) atoms. The number of fused-ring (bicyclic) bond motifs is 1. The van der Waals surface area contributed by atoms with E-state index in [0.717, 1.165) is 48.2 Å². The van der Waals surface area contributed by atoms with E-state index >= 15 is 0 Å². The van der Waals surface area contributed by atoms with Gasteiger partial charge >= 0.3 is 0 Å². The van der Waals surface area contributed by atoms with Gasteiger partial charge < -0.3 is 15.1 Å². The van der Waals surface area contributed by atoms with Crippen LogP contribution in [0.2, 0.25) is 0 Å². The Balaban J connectivity index is 1.65. The van der Waals surface area contributed by atoms with Crippen LogP contribution in [0.15, 0.2) is 65.1 Å². The summed E-state index contributed by atoms with van der Waals surface area (Å²) in [6.07, 6.45) is 1.97. The molecule has 128 valence electrons. The van der Waals surface area contributed by atoms with Crippen molar-refractivity contribution in [2.45, 2.75) is 18.9 Å². The summed E-state index contributed by atoms with van der Waals surface area (Å²) in [7, 11) is 0. The fourth-order valence-electron chi connectivity index (χ4n) is 3.44. The first-order chi connectivity index (χ1) is 12.3. The molecule has 0 aliphatic carbocycles. The summed E-state index contributed by atoms with van der Waals surface area (Å²) in [6.45, 7) is 1.74. The van der Waals surface area contributed by atoms with E-state index in [-0.39, 0.29) is 17.9 Å². The maximum atomic E-state index is 12.8. The summed E-state index contributed by atoms with van der Waals surface area (Å²) < 4.78 is 6.04. The number of carbonyl (C=O) groups excluding carboxylic acids is 1. The van der Waals surface area contributed by atoms with Crippen molar-refractivity contribution in [1.29, 1.82) is 0 Å². The second-order valence-electron chi connectivity index (χ2n) is 6.58. The van der Waals surface area contributed by atoms with Gasteiger partial charge in [0.15, 0.2) is 0 Å². The van der Waals surface area contributed by atoms with Gasteiger partial charge in [0.05, 0.1) is 5.92 Å². The first kappa shape index (κ1) is 15.9. The number of carbonyl (C=O) groups is 1. The zero-order valence-corrected chi connectivity index (χ0v) is 14.1. The molecule has 1 fully saturated rings. The number of rotatable bonds is 4. The average Bonchev–Trinajstić information content (AvgIpc) is 3.11. The van der Waals surface area contributed by atoms with Gasteiger partial charge in [-0.3, -0.25) is 4.79 Å². The number of hydrogen-bond donors (Lipinski definition) is 2. The summed E-state index contributed by atoms with van der Waals surface area (Å²) in [5, 5.41) is 7.56. The van der Waals surface area contributed by atoms with Gasteiger partial charge in [0.1, 0.15) is 17.4 Å². The predicted octanol–water partition coefficient (Wildman–Crippen LogP) is 3.64. The van der Waals surface area contributed by atoms with Crippen LogP contribution in [0.4, 0.5) is 0 Å². The van der Waals surface area contributed by atoms with Crippen molar-refractivity contribution in [2.75, 3.05) is 13.1 Å². The molecule has 0 bridgehead atoms. The van der Waals surface area contributed by atoms with Gasteiger partial charge in [0.2, 0.25) is 5.91 Å². The molecule has 1 aliphatic heterocycles. The largest absolute Gasteiger partial charge is 0.459 e. The molecule has 0 spiro atoms. The summed E-state index contributed by atoms with van der Waals surface area (Å²) in [5.41, 5.74) is 1.87. The maximum absolute atomic E-state index is 12.8. The smallest absolute Gasteiger partial charge is 0.225 e. The number of furan rings is 1. The molecule has 3 aromatic rings. The Morgan fingerprint density at radius 3 is 2.68 bits per heavy atom. The Labute approximate surface area is 147 Å². The van der Waals surface area contributed by atoms with Crippen molar-refractivity contribution in [3.8, 4) is 0 Å². The minimum Gasteiger partial charge on any atom is -0.459 e. The fourth-order valence-corrected chi connectivity index (χ4v) is 3.44. The molecule has 1 amide bonds. The van der Waals surface area contributed by atoms with Gasteiger partial charge in [0, 0.05) is 11.9 Å². The maximum Gasteiger partial charge on any atom is 0.225 e. The molecule has 1 aromatic heterocycles. The highest BCUT2D eigenvalue weighted by Gasteiger charge is 2.26. The predicted molar refractivity (Wildman–Crippen MR) is 98.2 cm³/mol. The molecule has 1 aliphatic rings. The van der Waals surface area contributed by atoms with Crippen LogP contribution in [0, 0.1) is 5.92 Å². The third-order valence-electron chi connectivity index (χ3n) is 4.82. The quantitative estimate of drug-likeness (QED) is 0.766.